The minimum Gasteiger partial charge on any atom is -0.492 e. The van der Waals surface area contributed by atoms with Crippen LogP contribution in [0.3, 0.4) is 0 Å². The number of rotatable bonds is 5. The van der Waals surface area contributed by atoms with E-state index in [4.69, 9.17) is 10.5 Å². The fourth-order valence-corrected chi connectivity index (χ4v) is 2.91. The van der Waals surface area contributed by atoms with Gasteiger partial charge in [0.25, 0.3) is 0 Å². The molecule has 0 aliphatic rings. The lowest BCUT2D eigenvalue weighted by molar-refractivity contribution is 0.253. The molecule has 0 unspecified atom stereocenters. The van der Waals surface area contributed by atoms with Crippen LogP contribution in [0.4, 0.5) is 5.69 Å². The highest BCUT2D eigenvalue weighted by Gasteiger charge is 2.29. The summed E-state index contributed by atoms with van der Waals surface area (Å²) in [5, 5.41) is 0. The van der Waals surface area contributed by atoms with E-state index in [0.717, 1.165) is 17.0 Å². The van der Waals surface area contributed by atoms with Crippen molar-refractivity contribution in [2.24, 2.45) is 0 Å². The molecule has 0 aromatic heterocycles. The summed E-state index contributed by atoms with van der Waals surface area (Å²) in [6.45, 7) is 4.78. The normalized spacial score (nSPS) is 11.2. The Hall–Kier alpha value is -2.74. The largest absolute Gasteiger partial charge is 0.492 e. The van der Waals surface area contributed by atoms with Crippen molar-refractivity contribution in [1.29, 1.82) is 0 Å². The lowest BCUT2D eigenvalue weighted by atomic mass is 9.77. The molecular weight excluding hydrogens is 294 g/mol. The van der Waals surface area contributed by atoms with Crippen molar-refractivity contribution in [2.45, 2.75) is 19.3 Å². The van der Waals surface area contributed by atoms with Gasteiger partial charge in [-0.2, -0.15) is 0 Å². The van der Waals surface area contributed by atoms with Crippen LogP contribution in [0.1, 0.15) is 23.6 Å². The number of nitrogens with two attached hydrogens (primary N) is 1. The highest BCUT2D eigenvalue weighted by atomic mass is 16.5. The molecule has 0 saturated carbocycles. The standard InChI is InChI=1S/C22H23NO/c1-17-15-20(13-14-21(17)23)24-16-22(2,18-9-5-3-6-10-18)19-11-7-4-8-12-19/h3-15H,16,23H2,1-2H3. The topological polar surface area (TPSA) is 35.2 Å². The van der Waals surface area contributed by atoms with Gasteiger partial charge in [0.1, 0.15) is 12.4 Å². The van der Waals surface area contributed by atoms with Crippen molar-refractivity contribution in [3.8, 4) is 5.75 Å². The number of ether oxygens (including phenoxy) is 1. The summed E-state index contributed by atoms with van der Waals surface area (Å²) in [7, 11) is 0. The quantitative estimate of drug-likeness (QED) is 0.675. The van der Waals surface area contributed by atoms with E-state index < -0.39 is 0 Å². The number of benzene rings is 3. The number of nitrogen functional groups attached to an aromatic ring is 1. The number of hydrogen-bond acceptors (Lipinski definition) is 2. The summed E-state index contributed by atoms with van der Waals surface area (Å²) < 4.78 is 6.16. The van der Waals surface area contributed by atoms with Crippen molar-refractivity contribution in [3.05, 3.63) is 95.6 Å². The van der Waals surface area contributed by atoms with Crippen LogP contribution < -0.4 is 10.5 Å². The van der Waals surface area contributed by atoms with E-state index in [9.17, 15) is 0 Å². The van der Waals surface area contributed by atoms with Crippen LogP contribution in [0.15, 0.2) is 78.9 Å². The molecule has 0 heterocycles. The summed E-state index contributed by atoms with van der Waals surface area (Å²) in [5.41, 5.74) is 9.98. The van der Waals surface area contributed by atoms with Crippen LogP contribution in [0, 0.1) is 6.92 Å². The zero-order valence-electron chi connectivity index (χ0n) is 14.2. The predicted molar refractivity (Wildman–Crippen MR) is 100 cm³/mol. The Bertz CT molecular complexity index is 757. The molecule has 3 aromatic carbocycles. The van der Waals surface area contributed by atoms with Gasteiger partial charge in [0.05, 0.1) is 5.41 Å². The van der Waals surface area contributed by atoms with Gasteiger partial charge < -0.3 is 10.5 Å². The van der Waals surface area contributed by atoms with Gasteiger partial charge in [-0.3, -0.25) is 0 Å². The maximum Gasteiger partial charge on any atom is 0.119 e. The third-order valence-electron chi connectivity index (χ3n) is 4.59. The van der Waals surface area contributed by atoms with Crippen LogP contribution in [-0.2, 0) is 5.41 Å². The fraction of sp³-hybridized carbons (Fsp3) is 0.182. The molecule has 0 radical (unpaired) electrons. The highest BCUT2D eigenvalue weighted by molar-refractivity contribution is 5.49. The second-order valence-electron chi connectivity index (χ2n) is 6.37. The van der Waals surface area contributed by atoms with Crippen molar-refractivity contribution in [2.75, 3.05) is 12.3 Å². The fourth-order valence-electron chi connectivity index (χ4n) is 2.91. The summed E-state index contributed by atoms with van der Waals surface area (Å²) in [5.74, 6) is 0.847. The molecular formula is C22H23NO. The molecule has 2 N–H and O–H groups in total. The van der Waals surface area contributed by atoms with E-state index in [2.05, 4.69) is 55.5 Å². The molecule has 0 bridgehead atoms. The summed E-state index contributed by atoms with van der Waals surface area (Å²) in [6.07, 6.45) is 0. The molecule has 0 aliphatic heterocycles. The first kappa shape index (κ1) is 16.1. The van der Waals surface area contributed by atoms with Gasteiger partial charge in [-0.25, -0.2) is 0 Å². The van der Waals surface area contributed by atoms with Crippen LogP contribution in [0.25, 0.3) is 0 Å². The van der Waals surface area contributed by atoms with Gasteiger partial charge in [0, 0.05) is 5.69 Å². The Labute approximate surface area is 143 Å². The molecule has 24 heavy (non-hydrogen) atoms. The molecule has 0 fully saturated rings. The zero-order valence-corrected chi connectivity index (χ0v) is 14.2. The average Bonchev–Trinajstić information content (AvgIpc) is 2.64. The SMILES string of the molecule is Cc1cc(OCC(C)(c2ccccc2)c2ccccc2)ccc1N. The Morgan fingerprint density at radius 2 is 1.38 bits per heavy atom. The molecule has 3 rings (SSSR count). The van der Waals surface area contributed by atoms with E-state index in [1.165, 1.54) is 11.1 Å². The average molecular weight is 317 g/mol. The maximum atomic E-state index is 6.16. The van der Waals surface area contributed by atoms with Gasteiger partial charge in [0.15, 0.2) is 0 Å². The zero-order chi connectivity index (χ0) is 17.0. The smallest absolute Gasteiger partial charge is 0.119 e. The molecule has 3 aromatic rings. The van der Waals surface area contributed by atoms with E-state index in [-0.39, 0.29) is 5.41 Å². The van der Waals surface area contributed by atoms with Crippen LogP contribution in [0.2, 0.25) is 0 Å². The second-order valence-corrected chi connectivity index (χ2v) is 6.37. The molecule has 122 valence electrons. The first-order valence-corrected chi connectivity index (χ1v) is 8.19. The lowest BCUT2D eigenvalue weighted by Crippen LogP contribution is -2.31. The number of anilines is 1. The van der Waals surface area contributed by atoms with E-state index >= 15 is 0 Å². The highest BCUT2D eigenvalue weighted by Crippen LogP contribution is 2.33. The van der Waals surface area contributed by atoms with E-state index in [1.54, 1.807) is 0 Å². The number of hydrogen-bond donors (Lipinski definition) is 1. The summed E-state index contributed by atoms with van der Waals surface area (Å²) in [6, 6.07) is 26.8. The summed E-state index contributed by atoms with van der Waals surface area (Å²) >= 11 is 0. The third kappa shape index (κ3) is 3.28. The monoisotopic (exact) mass is 317 g/mol. The molecule has 0 amide bonds. The molecule has 0 atom stereocenters. The van der Waals surface area contributed by atoms with E-state index in [0.29, 0.717) is 6.61 Å². The van der Waals surface area contributed by atoms with Gasteiger partial charge in [0.2, 0.25) is 0 Å². The second kappa shape index (κ2) is 6.79. The van der Waals surface area contributed by atoms with E-state index in [1.807, 2.05) is 37.3 Å². The molecule has 0 aliphatic carbocycles. The molecule has 2 heteroatoms. The Morgan fingerprint density at radius 3 is 1.88 bits per heavy atom. The van der Waals surface area contributed by atoms with Crippen molar-refractivity contribution < 1.29 is 4.74 Å². The molecule has 2 nitrogen and oxygen atoms in total. The first-order valence-electron chi connectivity index (χ1n) is 8.19. The van der Waals surface area contributed by atoms with Crippen LogP contribution >= 0.6 is 0 Å². The van der Waals surface area contributed by atoms with Gasteiger partial charge in [-0.15, -0.1) is 0 Å². The van der Waals surface area contributed by atoms with Crippen LogP contribution in [0.5, 0.6) is 5.75 Å². The minimum atomic E-state index is -0.224. The maximum absolute atomic E-state index is 6.16. The Kier molecular flexibility index (Phi) is 4.57. The summed E-state index contributed by atoms with van der Waals surface area (Å²) in [4.78, 5) is 0. The molecule has 0 spiro atoms. The van der Waals surface area contributed by atoms with Gasteiger partial charge >= 0.3 is 0 Å². The van der Waals surface area contributed by atoms with Gasteiger partial charge in [-0.1, -0.05) is 60.7 Å². The molecule has 0 saturated heterocycles. The minimum absolute atomic E-state index is 0.224. The Balaban J connectivity index is 1.92. The van der Waals surface area contributed by atoms with Crippen molar-refractivity contribution in [1.82, 2.24) is 0 Å². The predicted octanol–water partition coefficient (Wildman–Crippen LogP) is 4.96. The lowest BCUT2D eigenvalue weighted by Gasteiger charge is -2.31. The van der Waals surface area contributed by atoms with Gasteiger partial charge in [-0.05, 0) is 48.7 Å². The first-order chi connectivity index (χ1) is 11.6. The van der Waals surface area contributed by atoms with Crippen LogP contribution in [-0.4, -0.2) is 6.61 Å². The Morgan fingerprint density at radius 1 is 0.833 bits per heavy atom. The number of aryl methyl sites for hydroxylation is 1. The van der Waals surface area contributed by atoms with Crippen molar-refractivity contribution in [3.63, 3.8) is 0 Å². The third-order valence-corrected chi connectivity index (χ3v) is 4.59. The van der Waals surface area contributed by atoms with Crippen molar-refractivity contribution >= 4 is 5.69 Å².